The fraction of sp³-hybridized carbons (Fsp3) is 0.474. The maximum Gasteiger partial charge on any atom is 0.475 e. The van der Waals surface area contributed by atoms with Crippen molar-refractivity contribution in [2.75, 3.05) is 47.1 Å². The van der Waals surface area contributed by atoms with E-state index >= 15 is 0 Å². The zero-order valence-corrected chi connectivity index (χ0v) is 61.9. The number of aliphatic imine (C=N–C) groups is 1. The van der Waals surface area contributed by atoms with E-state index < -0.39 is 68.8 Å². The van der Waals surface area contributed by atoms with E-state index in [0.29, 0.717) is 47.2 Å². The summed E-state index contributed by atoms with van der Waals surface area (Å²) in [6.45, 7) is 28.1. The number of esters is 2. The Morgan fingerprint density at radius 3 is 1.66 bits per heavy atom. The topological polar surface area (TPSA) is 230 Å². The first-order valence-electron chi connectivity index (χ1n) is 33.5. The summed E-state index contributed by atoms with van der Waals surface area (Å²) in [4.78, 5) is 51.6. The lowest BCUT2D eigenvalue weighted by atomic mass is 9.80. The zero-order chi connectivity index (χ0) is 72.1. The van der Waals surface area contributed by atoms with Crippen LogP contribution in [0.1, 0.15) is 156 Å². The molecule has 23 heteroatoms. The first-order valence-corrected chi connectivity index (χ1v) is 36.1. The third kappa shape index (κ3) is 23.0. The molecule has 532 valence electrons. The summed E-state index contributed by atoms with van der Waals surface area (Å²) in [5.74, 6) is 8.15. The van der Waals surface area contributed by atoms with Crippen LogP contribution in [0.5, 0.6) is 23.0 Å². The minimum Gasteiger partial charge on any atom is -0.497 e. The van der Waals surface area contributed by atoms with Crippen LogP contribution in [-0.2, 0) is 65.1 Å². The Morgan fingerprint density at radius 1 is 0.697 bits per heavy atom. The number of carbonyl (C=O) groups excluding carboxylic acids is 2. The van der Waals surface area contributed by atoms with Crippen LogP contribution >= 0.6 is 16.3 Å². The SMILES string of the molecule is COc1ccc(C(OCC2OC(n3cc(C#CCCOP(=O)(OCc4ccc(OC(=O)C(C)(C)C)cc4)OCc4ccc(OC(=O)C(C)(C)C)cc4)c(N=CN(CC(C)C)CC(C)C)nc3=O)CC2OP(OCCC#N)N(C(C)C)C(C)C)(c2ccccc2)c2ccc(OC)cc2)cc1. The van der Waals surface area contributed by atoms with Gasteiger partial charge in [-0.2, -0.15) is 10.2 Å². The molecule has 99 heavy (non-hydrogen) atoms. The van der Waals surface area contributed by atoms with Crippen molar-refractivity contribution in [2.45, 2.75) is 166 Å². The van der Waals surface area contributed by atoms with Gasteiger partial charge in [0.15, 0.2) is 5.82 Å². The van der Waals surface area contributed by atoms with E-state index in [2.05, 4.69) is 87.9 Å². The lowest BCUT2D eigenvalue weighted by Crippen LogP contribution is -2.39. The number of hydrogen-bond donors (Lipinski definition) is 0. The highest BCUT2D eigenvalue weighted by Crippen LogP contribution is 2.53. The van der Waals surface area contributed by atoms with Crippen LogP contribution in [0.2, 0.25) is 0 Å². The molecule has 5 aromatic carbocycles. The van der Waals surface area contributed by atoms with Gasteiger partial charge in [-0.05, 0) is 157 Å². The van der Waals surface area contributed by atoms with Gasteiger partial charge in [-0.15, -0.1) is 0 Å². The van der Waals surface area contributed by atoms with Crippen molar-refractivity contribution in [3.63, 3.8) is 0 Å². The summed E-state index contributed by atoms with van der Waals surface area (Å²) in [5, 5.41) is 9.68. The number of nitrogens with zero attached hydrogens (tertiary/aromatic N) is 6. The van der Waals surface area contributed by atoms with Gasteiger partial charge in [0, 0.05) is 44.2 Å². The van der Waals surface area contributed by atoms with E-state index in [-0.39, 0.29) is 87.6 Å². The fourth-order valence-electron chi connectivity index (χ4n) is 10.5. The number of hydrogen-bond acceptors (Lipinski definition) is 19. The Hall–Kier alpha value is -7.62. The number of rotatable bonds is 34. The molecule has 4 atom stereocenters. The van der Waals surface area contributed by atoms with Gasteiger partial charge in [0.1, 0.15) is 40.9 Å². The molecule has 21 nitrogen and oxygen atoms in total. The molecule has 0 saturated carbocycles. The van der Waals surface area contributed by atoms with Crippen LogP contribution in [0, 0.1) is 45.8 Å². The summed E-state index contributed by atoms with van der Waals surface area (Å²) in [6.07, 6.45) is 0.916. The average molecular weight is 1400 g/mol. The van der Waals surface area contributed by atoms with Crippen LogP contribution in [0.15, 0.2) is 143 Å². The molecule has 0 bridgehead atoms. The second-order valence-corrected chi connectivity index (χ2v) is 30.5. The smallest absolute Gasteiger partial charge is 0.475 e. The maximum absolute atomic E-state index is 14.8. The van der Waals surface area contributed by atoms with Crippen LogP contribution in [0.3, 0.4) is 0 Å². The predicted molar refractivity (Wildman–Crippen MR) is 382 cm³/mol. The van der Waals surface area contributed by atoms with Crippen molar-refractivity contribution in [1.29, 1.82) is 5.26 Å². The fourth-order valence-corrected chi connectivity index (χ4v) is 13.4. The monoisotopic (exact) mass is 1400 g/mol. The third-order valence-corrected chi connectivity index (χ3v) is 19.0. The normalized spacial score (nSPS) is 15.5. The molecule has 1 aromatic heterocycles. The molecule has 0 N–H and O–H groups in total. The van der Waals surface area contributed by atoms with Gasteiger partial charge in [-0.1, -0.05) is 118 Å². The van der Waals surface area contributed by atoms with Crippen molar-refractivity contribution in [3.05, 3.63) is 177 Å². The van der Waals surface area contributed by atoms with Crippen molar-refractivity contribution in [3.8, 4) is 40.9 Å². The van der Waals surface area contributed by atoms with E-state index in [9.17, 15) is 24.2 Å². The summed E-state index contributed by atoms with van der Waals surface area (Å²) in [5.41, 5.74) is 0.489. The highest BCUT2D eigenvalue weighted by atomic mass is 31.2. The third-order valence-electron chi connectivity index (χ3n) is 15.5. The average Bonchev–Trinajstić information content (AvgIpc) is 1.17. The maximum atomic E-state index is 14.8. The second kappa shape index (κ2) is 36.6. The minimum absolute atomic E-state index is 0.00808. The zero-order valence-electron chi connectivity index (χ0n) is 60.1. The summed E-state index contributed by atoms with van der Waals surface area (Å²) in [6, 6.07) is 40.6. The molecule has 0 amide bonds. The highest BCUT2D eigenvalue weighted by Gasteiger charge is 2.45. The van der Waals surface area contributed by atoms with E-state index in [4.69, 9.17) is 56.0 Å². The Kier molecular flexibility index (Phi) is 29.1. The highest BCUT2D eigenvalue weighted by molar-refractivity contribution is 7.48. The molecule has 1 aliphatic heterocycles. The van der Waals surface area contributed by atoms with E-state index in [1.807, 2.05) is 78.9 Å². The Bertz CT molecular complexity index is 3650. The van der Waals surface area contributed by atoms with Gasteiger partial charge in [-0.25, -0.2) is 19.0 Å². The van der Waals surface area contributed by atoms with Crippen LogP contribution in [-0.4, -0.2) is 109 Å². The molecular weight excluding hydrogens is 1300 g/mol. The molecule has 0 aliphatic carbocycles. The molecule has 7 rings (SSSR count). The molecule has 2 heterocycles. The first kappa shape index (κ1) is 78.7. The molecular formula is C76H98N6O15P2. The Balaban J connectivity index is 1.26. The lowest BCUT2D eigenvalue weighted by Gasteiger charge is -2.39. The molecule has 1 fully saturated rings. The van der Waals surface area contributed by atoms with Crippen molar-refractivity contribution >= 4 is 40.4 Å². The van der Waals surface area contributed by atoms with Crippen molar-refractivity contribution < 1.29 is 65.2 Å². The summed E-state index contributed by atoms with van der Waals surface area (Å²) < 4.78 is 86.8. The van der Waals surface area contributed by atoms with Crippen molar-refractivity contribution in [2.24, 2.45) is 27.7 Å². The van der Waals surface area contributed by atoms with Crippen LogP contribution < -0.4 is 24.6 Å². The lowest BCUT2D eigenvalue weighted by molar-refractivity contribution is -0.143. The number of phosphoric acid groups is 1. The van der Waals surface area contributed by atoms with Gasteiger partial charge in [-0.3, -0.25) is 27.7 Å². The number of aromatic nitrogens is 2. The molecule has 4 unspecified atom stereocenters. The number of phosphoric ester groups is 1. The first-order chi connectivity index (χ1) is 47.0. The van der Waals surface area contributed by atoms with Crippen LogP contribution in [0.25, 0.3) is 0 Å². The van der Waals surface area contributed by atoms with Gasteiger partial charge < -0.3 is 42.4 Å². The molecule has 6 aromatic rings. The van der Waals surface area contributed by atoms with Gasteiger partial charge in [0.2, 0.25) is 0 Å². The minimum atomic E-state index is -4.38. The van der Waals surface area contributed by atoms with E-state index in [1.54, 1.807) is 117 Å². The Labute approximate surface area is 586 Å². The number of nitriles is 1. The van der Waals surface area contributed by atoms with Gasteiger partial charge >= 0.3 is 25.5 Å². The number of carbonyl (C=O) groups is 2. The van der Waals surface area contributed by atoms with Gasteiger partial charge in [0.05, 0.1) is 88.6 Å². The predicted octanol–water partition coefficient (Wildman–Crippen LogP) is 15.7. The molecule has 0 spiro atoms. The van der Waals surface area contributed by atoms with E-state index in [1.165, 1.54) is 4.57 Å². The quantitative estimate of drug-likeness (QED) is 0.00534. The summed E-state index contributed by atoms with van der Waals surface area (Å²) in [7, 11) is -2.99. The molecule has 0 radical (unpaired) electrons. The molecule has 1 aliphatic rings. The second-order valence-electron chi connectivity index (χ2n) is 27.5. The Morgan fingerprint density at radius 2 is 1.19 bits per heavy atom. The number of methoxy groups -OCH3 is 2. The van der Waals surface area contributed by atoms with Gasteiger partial charge in [0.25, 0.3) is 8.53 Å². The van der Waals surface area contributed by atoms with Crippen LogP contribution in [0.4, 0.5) is 5.82 Å². The van der Waals surface area contributed by atoms with E-state index in [0.717, 1.165) is 16.7 Å². The standard InChI is InChI=1S/C76H98N6O15P2/c1-53(2)46-80(47-54(3)4)52-78-70-59(23-20-21-44-91-99(86,92-49-57-26-34-65(35-27-57)94-71(83)74(9,10)11)93-50-58-28-36-66(37-29-58)95-72(84)75(12,13)14)48-81(73(85)79-70)69-45-67(97-98(90-43-22-42-77)82(55(5)6)56(7)8)68(96-69)51-89-76(60-24-18-17-19-25-60,61-30-38-63(87-15)39-31-61)62-32-40-64(88-16)41-33-62/h17-19,24-41,48,52-56,67-69H,21-22,43-47,49-51H2,1-16H3. The largest absolute Gasteiger partial charge is 0.497 e. The summed E-state index contributed by atoms with van der Waals surface area (Å²) >= 11 is 0. The number of benzene rings is 5. The van der Waals surface area contributed by atoms with Crippen molar-refractivity contribution in [1.82, 2.24) is 19.1 Å². The molecule has 1 saturated heterocycles. The number of ether oxygens (including phenoxy) is 6.